The number of carbonyl (C=O) groups is 1. The molecule has 0 aliphatic rings. The number of hydrogen-bond acceptors (Lipinski definition) is 4. The first-order chi connectivity index (χ1) is 11.2. The highest BCUT2D eigenvalue weighted by Gasteiger charge is 2.19. The minimum absolute atomic E-state index is 0.253. The molecule has 4 heteroatoms. The number of aryl methyl sites for hydroxylation is 1. The van der Waals surface area contributed by atoms with Gasteiger partial charge in [0.25, 0.3) is 0 Å². The van der Waals surface area contributed by atoms with E-state index in [1.165, 1.54) is 10.4 Å². The van der Waals surface area contributed by atoms with E-state index < -0.39 is 0 Å². The summed E-state index contributed by atoms with van der Waals surface area (Å²) in [6.07, 6.45) is 0.925. The Morgan fingerprint density at radius 2 is 1.65 bits per heavy atom. The van der Waals surface area contributed by atoms with E-state index in [4.69, 9.17) is 4.74 Å². The highest BCUT2D eigenvalue weighted by Crippen LogP contribution is 2.36. The Balaban J connectivity index is 2.21. The molecule has 1 aromatic carbocycles. The summed E-state index contributed by atoms with van der Waals surface area (Å²) in [5.41, 5.74) is 4.00. The van der Waals surface area contributed by atoms with E-state index in [0.29, 0.717) is 12.2 Å². The third-order valence-corrected chi connectivity index (χ3v) is 5.50. The van der Waals surface area contributed by atoms with Gasteiger partial charge in [-0.3, -0.25) is 0 Å². The first kappa shape index (κ1) is 16.0. The number of esters is 1. The molecular weight excluding hydrogens is 324 g/mol. The molecule has 0 fully saturated rings. The van der Waals surface area contributed by atoms with Crippen molar-refractivity contribution >= 4 is 28.6 Å². The largest absolute Gasteiger partial charge is 0.462 e. The van der Waals surface area contributed by atoms with Crippen LogP contribution in [0.3, 0.4) is 0 Å². The van der Waals surface area contributed by atoms with Gasteiger partial charge in [0.2, 0.25) is 0 Å². The highest BCUT2D eigenvalue weighted by molar-refractivity contribution is 7.14. The molecule has 118 valence electrons. The van der Waals surface area contributed by atoms with Gasteiger partial charge in [-0.1, -0.05) is 19.1 Å². The van der Waals surface area contributed by atoms with Crippen molar-refractivity contribution in [3.8, 4) is 20.9 Å². The van der Waals surface area contributed by atoms with E-state index in [1.54, 1.807) is 22.7 Å². The molecule has 0 saturated heterocycles. The average Bonchev–Trinajstić information content (AvgIpc) is 3.27. The molecule has 0 bridgehead atoms. The molecule has 3 aromatic rings. The number of benzene rings is 1. The lowest BCUT2D eigenvalue weighted by atomic mass is 9.95. The zero-order chi connectivity index (χ0) is 16.2. The van der Waals surface area contributed by atoms with Crippen molar-refractivity contribution in [1.82, 2.24) is 0 Å². The second-order valence-corrected chi connectivity index (χ2v) is 6.98. The standard InChI is InChI=1S/C19H18O2S2/c1-3-13-11-15(18-8-6-10-23-18)16(19(20)21-4-2)12-14(13)17-7-5-9-22-17/h5-12H,3-4H2,1-2H3. The summed E-state index contributed by atoms with van der Waals surface area (Å²) in [6, 6.07) is 12.3. The SMILES string of the molecule is CCOC(=O)c1cc(-c2cccs2)c(CC)cc1-c1cccs1. The summed E-state index contributed by atoms with van der Waals surface area (Å²) in [4.78, 5) is 14.8. The quantitative estimate of drug-likeness (QED) is 0.541. The molecule has 0 aliphatic carbocycles. The Bertz CT molecular complexity index is 787. The van der Waals surface area contributed by atoms with Crippen molar-refractivity contribution in [2.45, 2.75) is 20.3 Å². The predicted molar refractivity (Wildman–Crippen MR) is 98.4 cm³/mol. The molecule has 0 unspecified atom stereocenters. The second kappa shape index (κ2) is 7.11. The first-order valence-corrected chi connectivity index (χ1v) is 9.42. The van der Waals surface area contributed by atoms with Crippen LogP contribution in [0.1, 0.15) is 29.8 Å². The van der Waals surface area contributed by atoms with Crippen LogP contribution in [0.4, 0.5) is 0 Å². The van der Waals surface area contributed by atoms with Crippen LogP contribution in [0.2, 0.25) is 0 Å². The zero-order valence-corrected chi connectivity index (χ0v) is 14.8. The molecule has 23 heavy (non-hydrogen) atoms. The van der Waals surface area contributed by atoms with E-state index in [9.17, 15) is 4.79 Å². The summed E-state index contributed by atoms with van der Waals surface area (Å²) in [5.74, 6) is -0.253. The van der Waals surface area contributed by atoms with Crippen LogP contribution in [-0.4, -0.2) is 12.6 Å². The fourth-order valence-electron chi connectivity index (χ4n) is 2.61. The van der Waals surface area contributed by atoms with Crippen LogP contribution in [0.5, 0.6) is 0 Å². The number of carbonyl (C=O) groups excluding carboxylic acids is 1. The Labute approximate surface area is 144 Å². The molecule has 0 N–H and O–H groups in total. The van der Waals surface area contributed by atoms with Gasteiger partial charge >= 0.3 is 5.97 Å². The van der Waals surface area contributed by atoms with Crippen molar-refractivity contribution < 1.29 is 9.53 Å². The molecule has 0 aliphatic heterocycles. The predicted octanol–water partition coefficient (Wildman–Crippen LogP) is 5.88. The lowest BCUT2D eigenvalue weighted by Gasteiger charge is -2.14. The van der Waals surface area contributed by atoms with Gasteiger partial charge < -0.3 is 4.74 Å². The summed E-state index contributed by atoms with van der Waals surface area (Å²) < 4.78 is 5.28. The molecule has 2 heterocycles. The fraction of sp³-hybridized carbons (Fsp3) is 0.211. The molecule has 3 rings (SSSR count). The number of ether oxygens (including phenoxy) is 1. The fourth-order valence-corrected chi connectivity index (χ4v) is 4.15. The normalized spacial score (nSPS) is 10.7. The Kier molecular flexibility index (Phi) is 4.94. The monoisotopic (exact) mass is 342 g/mol. The van der Waals surface area contributed by atoms with Gasteiger partial charge in [0.05, 0.1) is 12.2 Å². The molecule has 0 radical (unpaired) electrons. The number of rotatable bonds is 5. The molecule has 0 spiro atoms. The van der Waals surface area contributed by atoms with Crippen LogP contribution in [0.25, 0.3) is 20.9 Å². The third kappa shape index (κ3) is 3.23. The van der Waals surface area contributed by atoms with Crippen molar-refractivity contribution in [3.05, 3.63) is 58.3 Å². The topological polar surface area (TPSA) is 26.3 Å². The van der Waals surface area contributed by atoms with Crippen molar-refractivity contribution in [3.63, 3.8) is 0 Å². The molecule has 2 aromatic heterocycles. The van der Waals surface area contributed by atoms with Crippen LogP contribution in [0.15, 0.2) is 47.2 Å². The van der Waals surface area contributed by atoms with Crippen molar-refractivity contribution in [2.24, 2.45) is 0 Å². The maximum Gasteiger partial charge on any atom is 0.338 e. The third-order valence-electron chi connectivity index (χ3n) is 3.69. The Morgan fingerprint density at radius 3 is 2.17 bits per heavy atom. The van der Waals surface area contributed by atoms with Crippen LogP contribution in [-0.2, 0) is 11.2 Å². The zero-order valence-electron chi connectivity index (χ0n) is 13.2. The van der Waals surface area contributed by atoms with E-state index in [-0.39, 0.29) is 5.97 Å². The number of hydrogen-bond donors (Lipinski definition) is 0. The summed E-state index contributed by atoms with van der Waals surface area (Å²) >= 11 is 3.34. The Morgan fingerprint density at radius 1 is 1.00 bits per heavy atom. The van der Waals surface area contributed by atoms with Crippen LogP contribution in [0, 0.1) is 0 Å². The average molecular weight is 342 g/mol. The minimum Gasteiger partial charge on any atom is -0.462 e. The Hall–Kier alpha value is -1.91. The van der Waals surface area contributed by atoms with Gasteiger partial charge in [-0.15, -0.1) is 22.7 Å². The molecule has 0 amide bonds. The van der Waals surface area contributed by atoms with Gasteiger partial charge in [-0.05, 0) is 59.5 Å². The van der Waals surface area contributed by atoms with E-state index in [0.717, 1.165) is 22.4 Å². The van der Waals surface area contributed by atoms with Gasteiger partial charge in [0, 0.05) is 15.3 Å². The van der Waals surface area contributed by atoms with E-state index in [1.807, 2.05) is 36.6 Å². The molecule has 0 saturated carbocycles. The van der Waals surface area contributed by atoms with Crippen LogP contribution >= 0.6 is 22.7 Å². The van der Waals surface area contributed by atoms with Gasteiger partial charge in [-0.25, -0.2) is 4.79 Å². The van der Waals surface area contributed by atoms with E-state index in [2.05, 4.69) is 24.4 Å². The van der Waals surface area contributed by atoms with Crippen molar-refractivity contribution in [2.75, 3.05) is 6.61 Å². The van der Waals surface area contributed by atoms with Gasteiger partial charge in [0.15, 0.2) is 0 Å². The highest BCUT2D eigenvalue weighted by atomic mass is 32.1. The maximum absolute atomic E-state index is 12.5. The smallest absolute Gasteiger partial charge is 0.338 e. The van der Waals surface area contributed by atoms with Gasteiger partial charge in [-0.2, -0.15) is 0 Å². The summed E-state index contributed by atoms with van der Waals surface area (Å²) in [6.45, 7) is 4.37. The first-order valence-electron chi connectivity index (χ1n) is 7.66. The summed E-state index contributed by atoms with van der Waals surface area (Å²) in [5, 5.41) is 4.09. The molecule has 2 nitrogen and oxygen atoms in total. The van der Waals surface area contributed by atoms with Crippen LogP contribution < -0.4 is 0 Å². The van der Waals surface area contributed by atoms with Crippen molar-refractivity contribution in [1.29, 1.82) is 0 Å². The number of thiophene rings is 2. The molecule has 0 atom stereocenters. The van der Waals surface area contributed by atoms with Gasteiger partial charge in [0.1, 0.15) is 0 Å². The van der Waals surface area contributed by atoms with E-state index >= 15 is 0 Å². The lowest BCUT2D eigenvalue weighted by molar-refractivity contribution is 0.0527. The minimum atomic E-state index is -0.253. The second-order valence-electron chi connectivity index (χ2n) is 5.08. The maximum atomic E-state index is 12.5. The lowest BCUT2D eigenvalue weighted by Crippen LogP contribution is -2.07. The summed E-state index contributed by atoms with van der Waals surface area (Å²) in [7, 11) is 0. The molecular formula is C19H18O2S2.